The van der Waals surface area contributed by atoms with E-state index in [1.54, 1.807) is 6.20 Å². The highest BCUT2D eigenvalue weighted by Gasteiger charge is 2.28. The van der Waals surface area contributed by atoms with Crippen LogP contribution in [0.1, 0.15) is 10.4 Å². The number of rotatable bonds is 8. The number of nitrogens with zero attached hydrogens (tertiary/aromatic N) is 4. The molecule has 0 saturated carbocycles. The minimum atomic E-state index is -3.65. The monoisotopic (exact) mass is 523 g/mol. The molecule has 2 aromatic rings. The number of pyridine rings is 1. The van der Waals surface area contributed by atoms with Crippen LogP contribution in [0, 0.1) is 0 Å². The highest BCUT2D eigenvalue weighted by atomic mass is 32.2. The molecule has 1 amide bonds. The van der Waals surface area contributed by atoms with Gasteiger partial charge in [0.25, 0.3) is 5.91 Å². The van der Waals surface area contributed by atoms with Gasteiger partial charge in [0.05, 0.1) is 23.9 Å². The minimum absolute atomic E-state index is 0.0462. The average Bonchev–Trinajstić information content (AvgIpc) is 2.89. The van der Waals surface area contributed by atoms with Crippen LogP contribution in [0.4, 0.5) is 5.82 Å². The molecule has 190 valence electrons. The first-order valence-corrected chi connectivity index (χ1v) is 14.4. The highest BCUT2D eigenvalue weighted by molar-refractivity contribution is 7.89. The Kier molecular flexibility index (Phi) is 8.02. The summed E-state index contributed by atoms with van der Waals surface area (Å²) in [6.07, 6.45) is 1.71. The SMILES string of the molecule is O=C(NCCS(=O)(=O)N1CCN(c2ccccn2)CC1)c1ccc(S(=O)(=O)N2CCOCC2)cc1. The molecular formula is C22H29N5O6S2. The molecule has 0 atom stereocenters. The zero-order valence-corrected chi connectivity index (χ0v) is 20.9. The second-order valence-electron chi connectivity index (χ2n) is 8.19. The first-order valence-electron chi connectivity index (χ1n) is 11.4. The molecule has 11 nitrogen and oxygen atoms in total. The molecule has 1 aromatic heterocycles. The van der Waals surface area contributed by atoms with E-state index in [1.165, 1.54) is 32.9 Å². The van der Waals surface area contributed by atoms with Gasteiger partial charge in [0, 0.05) is 57.6 Å². The lowest BCUT2D eigenvalue weighted by Crippen LogP contribution is -2.50. The molecule has 1 N–H and O–H groups in total. The molecule has 0 bridgehead atoms. The van der Waals surface area contributed by atoms with Crippen molar-refractivity contribution in [2.24, 2.45) is 0 Å². The number of sulfonamides is 2. The number of hydrogen-bond donors (Lipinski definition) is 1. The third-order valence-electron chi connectivity index (χ3n) is 5.98. The summed E-state index contributed by atoms with van der Waals surface area (Å²) in [6, 6.07) is 11.2. The number of nitrogens with one attached hydrogen (secondary N) is 1. The molecule has 3 heterocycles. The van der Waals surface area contributed by atoms with E-state index in [0.717, 1.165) is 5.82 Å². The van der Waals surface area contributed by atoms with E-state index in [-0.39, 0.29) is 35.8 Å². The Morgan fingerprint density at radius 1 is 0.886 bits per heavy atom. The van der Waals surface area contributed by atoms with Crippen LogP contribution in [0.15, 0.2) is 53.6 Å². The number of benzene rings is 1. The van der Waals surface area contributed by atoms with Crippen LogP contribution < -0.4 is 10.2 Å². The zero-order chi connectivity index (χ0) is 24.9. The molecular weight excluding hydrogens is 494 g/mol. The Morgan fingerprint density at radius 2 is 1.57 bits per heavy atom. The van der Waals surface area contributed by atoms with Gasteiger partial charge in [-0.2, -0.15) is 8.61 Å². The van der Waals surface area contributed by atoms with E-state index in [1.807, 2.05) is 23.1 Å². The molecule has 1 aromatic carbocycles. The number of aromatic nitrogens is 1. The maximum Gasteiger partial charge on any atom is 0.251 e. The molecule has 2 aliphatic heterocycles. The normalized spacial score (nSPS) is 18.3. The van der Waals surface area contributed by atoms with E-state index >= 15 is 0 Å². The summed E-state index contributed by atoms with van der Waals surface area (Å²) >= 11 is 0. The molecule has 0 spiro atoms. The Labute approximate surface area is 205 Å². The molecule has 2 saturated heterocycles. The number of carbonyl (C=O) groups is 1. The molecule has 35 heavy (non-hydrogen) atoms. The second-order valence-corrected chi connectivity index (χ2v) is 12.2. The predicted molar refractivity (Wildman–Crippen MR) is 130 cm³/mol. The van der Waals surface area contributed by atoms with Crippen molar-refractivity contribution >= 4 is 31.8 Å². The van der Waals surface area contributed by atoms with Crippen LogP contribution >= 0.6 is 0 Å². The number of anilines is 1. The number of amides is 1. The van der Waals surface area contributed by atoms with Crippen LogP contribution in [-0.4, -0.2) is 101 Å². The molecule has 2 fully saturated rings. The van der Waals surface area contributed by atoms with Crippen molar-refractivity contribution in [3.63, 3.8) is 0 Å². The van der Waals surface area contributed by atoms with Crippen molar-refractivity contribution in [3.05, 3.63) is 54.2 Å². The molecule has 2 aliphatic rings. The second kappa shape index (κ2) is 11.0. The summed E-state index contributed by atoms with van der Waals surface area (Å²) in [4.78, 5) is 18.9. The predicted octanol–water partition coefficient (Wildman–Crippen LogP) is -0.0157. The van der Waals surface area contributed by atoms with E-state index in [2.05, 4.69) is 10.3 Å². The van der Waals surface area contributed by atoms with Crippen molar-refractivity contribution < 1.29 is 26.4 Å². The maximum absolute atomic E-state index is 12.7. The first kappa shape index (κ1) is 25.5. The third-order valence-corrected chi connectivity index (χ3v) is 9.76. The minimum Gasteiger partial charge on any atom is -0.379 e. The van der Waals surface area contributed by atoms with E-state index < -0.39 is 26.0 Å². The standard InChI is InChI=1S/C22H29N5O6S2/c28-22(19-4-6-20(7-5-19)35(31,32)27-14-16-33-17-15-27)24-9-18-34(29,30)26-12-10-25(11-13-26)21-3-1-2-8-23-21/h1-8H,9-18H2,(H,24,28). The lowest BCUT2D eigenvalue weighted by Gasteiger charge is -2.34. The maximum atomic E-state index is 12.7. The van der Waals surface area contributed by atoms with E-state index in [9.17, 15) is 21.6 Å². The fraction of sp³-hybridized carbons (Fsp3) is 0.455. The summed E-state index contributed by atoms with van der Waals surface area (Å²) in [5.41, 5.74) is 0.257. The topological polar surface area (TPSA) is 129 Å². The van der Waals surface area contributed by atoms with Gasteiger partial charge >= 0.3 is 0 Å². The number of piperazine rings is 1. The molecule has 0 radical (unpaired) electrons. The van der Waals surface area contributed by atoms with Gasteiger partial charge < -0.3 is 15.0 Å². The van der Waals surface area contributed by atoms with Crippen LogP contribution in [-0.2, 0) is 24.8 Å². The summed E-state index contributed by atoms with van der Waals surface area (Å²) in [7, 11) is -7.17. The Morgan fingerprint density at radius 3 is 2.20 bits per heavy atom. The summed E-state index contributed by atoms with van der Waals surface area (Å²) in [6.45, 7) is 3.03. The molecule has 13 heteroatoms. The molecule has 4 rings (SSSR count). The van der Waals surface area contributed by atoms with Gasteiger partial charge in [0.15, 0.2) is 0 Å². The summed E-state index contributed by atoms with van der Waals surface area (Å²) in [5.74, 6) is 0.141. The lowest BCUT2D eigenvalue weighted by molar-refractivity contribution is 0.0730. The van der Waals surface area contributed by atoms with Gasteiger partial charge in [0.1, 0.15) is 5.82 Å². The van der Waals surface area contributed by atoms with Gasteiger partial charge in [-0.15, -0.1) is 0 Å². The summed E-state index contributed by atoms with van der Waals surface area (Å²) in [5, 5.41) is 2.61. The van der Waals surface area contributed by atoms with Gasteiger partial charge in [-0.25, -0.2) is 21.8 Å². The number of carbonyl (C=O) groups excluding carboxylic acids is 1. The largest absolute Gasteiger partial charge is 0.379 e. The number of ether oxygens (including phenoxy) is 1. The van der Waals surface area contributed by atoms with Crippen LogP contribution in [0.3, 0.4) is 0 Å². The summed E-state index contributed by atoms with van der Waals surface area (Å²) < 4.78 is 58.8. The van der Waals surface area contributed by atoms with Crippen LogP contribution in [0.25, 0.3) is 0 Å². The van der Waals surface area contributed by atoms with Crippen molar-refractivity contribution in [1.82, 2.24) is 18.9 Å². The van der Waals surface area contributed by atoms with Crippen LogP contribution in [0.5, 0.6) is 0 Å². The average molecular weight is 524 g/mol. The van der Waals surface area contributed by atoms with Crippen LogP contribution in [0.2, 0.25) is 0 Å². The van der Waals surface area contributed by atoms with Gasteiger partial charge in [-0.3, -0.25) is 4.79 Å². The van der Waals surface area contributed by atoms with Gasteiger partial charge in [0.2, 0.25) is 20.0 Å². The highest BCUT2D eigenvalue weighted by Crippen LogP contribution is 2.18. The van der Waals surface area contributed by atoms with E-state index in [0.29, 0.717) is 39.4 Å². The molecule has 0 aliphatic carbocycles. The fourth-order valence-electron chi connectivity index (χ4n) is 3.98. The quantitative estimate of drug-likeness (QED) is 0.511. The smallest absolute Gasteiger partial charge is 0.251 e. The van der Waals surface area contributed by atoms with E-state index in [4.69, 9.17) is 4.74 Å². The number of morpholine rings is 1. The number of hydrogen-bond acceptors (Lipinski definition) is 8. The van der Waals surface area contributed by atoms with Crippen molar-refractivity contribution in [3.8, 4) is 0 Å². The third kappa shape index (κ3) is 6.16. The lowest BCUT2D eigenvalue weighted by atomic mass is 10.2. The van der Waals surface area contributed by atoms with Gasteiger partial charge in [-0.1, -0.05) is 6.07 Å². The van der Waals surface area contributed by atoms with Crippen molar-refractivity contribution in [1.29, 1.82) is 0 Å². The van der Waals surface area contributed by atoms with Gasteiger partial charge in [-0.05, 0) is 36.4 Å². The molecule has 0 unspecified atom stereocenters. The Hall–Kier alpha value is -2.58. The van der Waals surface area contributed by atoms with Crippen molar-refractivity contribution in [2.45, 2.75) is 4.90 Å². The Bertz CT molecular complexity index is 1210. The fourth-order valence-corrected chi connectivity index (χ4v) is 6.72. The zero-order valence-electron chi connectivity index (χ0n) is 19.2. The first-order chi connectivity index (χ1) is 16.8. The Balaban J connectivity index is 1.26. The van der Waals surface area contributed by atoms with Crippen molar-refractivity contribution in [2.75, 3.05) is 69.7 Å².